The van der Waals surface area contributed by atoms with Crippen molar-refractivity contribution in [3.05, 3.63) is 58.4 Å². The van der Waals surface area contributed by atoms with E-state index in [2.05, 4.69) is 24.0 Å². The smallest absolute Gasteiger partial charge is 0.307 e. The molecule has 0 bridgehead atoms. The lowest BCUT2D eigenvalue weighted by Crippen LogP contribution is -2.19. The molecule has 1 heterocycles. The van der Waals surface area contributed by atoms with Crippen LogP contribution >= 0.6 is 11.3 Å². The van der Waals surface area contributed by atoms with E-state index >= 15 is 0 Å². The molecular formula is C22H24N2O4S. The van der Waals surface area contributed by atoms with Crippen LogP contribution in [0, 0.1) is 0 Å². The number of thiazole rings is 1. The summed E-state index contributed by atoms with van der Waals surface area (Å²) in [5.41, 5.74) is 2.56. The molecule has 0 N–H and O–H groups in total. The largest absolute Gasteiger partial charge is 0.496 e. The van der Waals surface area contributed by atoms with Crippen molar-refractivity contribution >= 4 is 33.4 Å². The number of amides is 1. The van der Waals surface area contributed by atoms with Gasteiger partial charge in [0, 0.05) is 6.54 Å². The molecule has 6 nitrogen and oxygen atoms in total. The summed E-state index contributed by atoms with van der Waals surface area (Å²) in [7, 11) is 1.53. The van der Waals surface area contributed by atoms with Gasteiger partial charge in [-0.05, 0) is 43.2 Å². The summed E-state index contributed by atoms with van der Waals surface area (Å²) in [5.74, 6) is -0.171. The molecule has 0 aliphatic rings. The van der Waals surface area contributed by atoms with Crippen molar-refractivity contribution < 1.29 is 19.1 Å². The van der Waals surface area contributed by atoms with Gasteiger partial charge in [0.2, 0.25) is 0 Å². The number of fused-ring (bicyclic) bond motifs is 1. The van der Waals surface area contributed by atoms with E-state index in [0.29, 0.717) is 29.3 Å². The number of ether oxygens (including phenoxy) is 2. The molecule has 0 atom stereocenters. The lowest BCUT2D eigenvalue weighted by molar-refractivity contribution is -0.143. The fraction of sp³-hybridized carbons (Fsp3) is 0.318. The second-order valence-corrected chi connectivity index (χ2v) is 7.37. The molecule has 0 aliphatic heterocycles. The van der Waals surface area contributed by atoms with E-state index in [0.717, 1.165) is 16.6 Å². The first kappa shape index (κ1) is 20.8. The van der Waals surface area contributed by atoms with Gasteiger partial charge in [-0.25, -0.2) is 0 Å². The van der Waals surface area contributed by atoms with Crippen LogP contribution in [0.3, 0.4) is 0 Å². The summed E-state index contributed by atoms with van der Waals surface area (Å²) in [5, 5.41) is 0. The minimum absolute atomic E-state index is 0.214. The monoisotopic (exact) mass is 412 g/mol. The minimum atomic E-state index is -0.380. The molecular weight excluding hydrogens is 388 g/mol. The molecule has 0 spiro atoms. The van der Waals surface area contributed by atoms with Crippen molar-refractivity contribution in [2.24, 2.45) is 4.99 Å². The maximum absolute atomic E-state index is 12.8. The lowest BCUT2D eigenvalue weighted by atomic mass is 10.2. The molecule has 0 aliphatic carbocycles. The summed E-state index contributed by atoms with van der Waals surface area (Å²) in [6.45, 7) is 4.61. The minimum Gasteiger partial charge on any atom is -0.496 e. The van der Waals surface area contributed by atoms with Crippen molar-refractivity contribution in [1.29, 1.82) is 0 Å². The van der Waals surface area contributed by atoms with Crippen molar-refractivity contribution in [3.63, 3.8) is 0 Å². The van der Waals surface area contributed by atoms with E-state index in [9.17, 15) is 9.59 Å². The Morgan fingerprint density at radius 1 is 1.14 bits per heavy atom. The highest BCUT2D eigenvalue weighted by molar-refractivity contribution is 7.16. The van der Waals surface area contributed by atoms with Crippen molar-refractivity contribution in [2.45, 2.75) is 33.2 Å². The summed E-state index contributed by atoms with van der Waals surface area (Å²) in [6, 6.07) is 13.2. The van der Waals surface area contributed by atoms with Crippen LogP contribution in [0.2, 0.25) is 0 Å². The fourth-order valence-corrected chi connectivity index (χ4v) is 4.16. The number of methoxy groups -OCH3 is 1. The molecule has 1 amide bonds. The van der Waals surface area contributed by atoms with Crippen LogP contribution in [-0.4, -0.2) is 30.2 Å². The van der Waals surface area contributed by atoms with E-state index < -0.39 is 0 Å². The first-order chi connectivity index (χ1) is 14.1. The standard InChI is InChI=1S/C22H24N2O4S/c1-4-15-10-11-17-19(14-15)29-22(24(17)13-12-20(25)28-5-2)23-21(26)16-8-6-7-9-18(16)27-3/h6-11,14H,4-5,12-13H2,1-3H3. The summed E-state index contributed by atoms with van der Waals surface area (Å²) < 4.78 is 13.3. The van der Waals surface area contributed by atoms with Crippen LogP contribution < -0.4 is 9.54 Å². The number of carbonyl (C=O) groups is 2. The molecule has 0 saturated heterocycles. The highest BCUT2D eigenvalue weighted by atomic mass is 32.1. The molecule has 0 radical (unpaired) electrons. The van der Waals surface area contributed by atoms with Gasteiger partial charge < -0.3 is 14.0 Å². The van der Waals surface area contributed by atoms with Crippen molar-refractivity contribution in [3.8, 4) is 5.75 Å². The van der Waals surface area contributed by atoms with Gasteiger partial charge in [0.25, 0.3) is 5.91 Å². The quantitative estimate of drug-likeness (QED) is 0.551. The number of esters is 1. The molecule has 3 rings (SSSR count). The van der Waals surface area contributed by atoms with Crippen LogP contribution in [-0.2, 0) is 22.5 Å². The van der Waals surface area contributed by atoms with Crippen LogP contribution in [0.15, 0.2) is 47.5 Å². The molecule has 0 fully saturated rings. The Balaban J connectivity index is 2.06. The Morgan fingerprint density at radius 3 is 2.66 bits per heavy atom. The predicted octanol–water partition coefficient (Wildman–Crippen LogP) is 3.97. The Hall–Kier alpha value is -2.93. The second-order valence-electron chi connectivity index (χ2n) is 6.36. The third-order valence-corrected chi connectivity index (χ3v) is 5.58. The summed E-state index contributed by atoms with van der Waals surface area (Å²) in [6.07, 6.45) is 1.13. The number of para-hydroxylation sites is 1. The maximum Gasteiger partial charge on any atom is 0.307 e. The van der Waals surface area contributed by atoms with Gasteiger partial charge in [-0.1, -0.05) is 36.5 Å². The van der Waals surface area contributed by atoms with Crippen molar-refractivity contribution in [2.75, 3.05) is 13.7 Å². The van der Waals surface area contributed by atoms with Gasteiger partial charge in [0.05, 0.1) is 35.9 Å². The van der Waals surface area contributed by atoms with Crippen LogP contribution in [0.5, 0.6) is 5.75 Å². The topological polar surface area (TPSA) is 69.9 Å². The normalized spacial score (nSPS) is 11.6. The Morgan fingerprint density at radius 2 is 1.93 bits per heavy atom. The van der Waals surface area contributed by atoms with E-state index in [1.54, 1.807) is 31.2 Å². The van der Waals surface area contributed by atoms with Gasteiger partial charge in [0.1, 0.15) is 5.75 Å². The lowest BCUT2D eigenvalue weighted by Gasteiger charge is -2.06. The number of rotatable bonds is 7. The average Bonchev–Trinajstić information content (AvgIpc) is 3.08. The van der Waals surface area contributed by atoms with Crippen molar-refractivity contribution in [1.82, 2.24) is 4.57 Å². The number of hydrogen-bond donors (Lipinski definition) is 0. The van der Waals surface area contributed by atoms with Gasteiger partial charge in [0.15, 0.2) is 4.80 Å². The van der Waals surface area contributed by atoms with E-state index in [4.69, 9.17) is 9.47 Å². The first-order valence-corrected chi connectivity index (χ1v) is 10.4. The molecule has 3 aromatic rings. The van der Waals surface area contributed by atoms with Crippen LogP contribution in [0.4, 0.5) is 0 Å². The van der Waals surface area contributed by atoms with Gasteiger partial charge in [-0.3, -0.25) is 9.59 Å². The SMILES string of the molecule is CCOC(=O)CCn1c(=NC(=O)c2ccccc2OC)sc2cc(CC)ccc21. The third-order valence-electron chi connectivity index (χ3n) is 4.53. The molecule has 2 aromatic carbocycles. The zero-order valence-electron chi connectivity index (χ0n) is 16.8. The zero-order valence-corrected chi connectivity index (χ0v) is 17.6. The number of nitrogens with zero attached hydrogens (tertiary/aromatic N) is 2. The van der Waals surface area contributed by atoms with E-state index in [1.165, 1.54) is 24.0 Å². The zero-order chi connectivity index (χ0) is 20.8. The highest BCUT2D eigenvalue weighted by Gasteiger charge is 2.14. The molecule has 1 aromatic heterocycles. The predicted molar refractivity (Wildman–Crippen MR) is 113 cm³/mol. The third kappa shape index (κ3) is 4.74. The number of hydrogen-bond acceptors (Lipinski definition) is 5. The number of carbonyl (C=O) groups excluding carboxylic acids is 2. The van der Waals surface area contributed by atoms with Gasteiger partial charge in [-0.15, -0.1) is 0 Å². The van der Waals surface area contributed by atoms with Crippen LogP contribution in [0.25, 0.3) is 10.2 Å². The second kappa shape index (κ2) is 9.52. The molecule has 29 heavy (non-hydrogen) atoms. The first-order valence-electron chi connectivity index (χ1n) is 9.57. The summed E-state index contributed by atoms with van der Waals surface area (Å²) in [4.78, 5) is 29.6. The number of aromatic nitrogens is 1. The number of aryl methyl sites for hydroxylation is 2. The highest BCUT2D eigenvalue weighted by Crippen LogP contribution is 2.21. The number of benzene rings is 2. The molecule has 152 valence electrons. The average molecular weight is 413 g/mol. The maximum atomic E-state index is 12.8. The molecule has 0 unspecified atom stereocenters. The Kier molecular flexibility index (Phi) is 6.82. The Bertz CT molecular complexity index is 1100. The fourth-order valence-electron chi connectivity index (χ4n) is 3.04. The molecule has 0 saturated carbocycles. The van der Waals surface area contributed by atoms with E-state index in [1.807, 2.05) is 10.6 Å². The van der Waals surface area contributed by atoms with E-state index in [-0.39, 0.29) is 18.3 Å². The molecule has 7 heteroatoms. The van der Waals surface area contributed by atoms with Crippen LogP contribution in [0.1, 0.15) is 36.2 Å². The Labute approximate surface area is 173 Å². The van der Waals surface area contributed by atoms with Gasteiger partial charge in [-0.2, -0.15) is 4.99 Å². The summed E-state index contributed by atoms with van der Waals surface area (Å²) >= 11 is 1.44. The van der Waals surface area contributed by atoms with Gasteiger partial charge >= 0.3 is 5.97 Å².